The van der Waals surface area contributed by atoms with Gasteiger partial charge in [-0.15, -0.1) is 11.8 Å². The summed E-state index contributed by atoms with van der Waals surface area (Å²) in [5.74, 6) is 0.649. The SMILES string of the molecule is Cc1ccc(C(=O)NCCn2cc(SCC(=O)N3CCCCCC3)c3ccccc32)cc1. The molecule has 1 aliphatic rings. The first-order valence-electron chi connectivity index (χ1n) is 11.4. The summed E-state index contributed by atoms with van der Waals surface area (Å²) in [5.41, 5.74) is 2.94. The van der Waals surface area contributed by atoms with E-state index < -0.39 is 0 Å². The first-order valence-corrected chi connectivity index (χ1v) is 12.4. The van der Waals surface area contributed by atoms with Crippen molar-refractivity contribution in [1.29, 1.82) is 0 Å². The molecule has 2 aromatic carbocycles. The number of amides is 2. The first kappa shape index (κ1) is 22.5. The average molecular weight is 450 g/mol. The fourth-order valence-corrected chi connectivity index (χ4v) is 5.15. The summed E-state index contributed by atoms with van der Waals surface area (Å²) >= 11 is 1.62. The maximum Gasteiger partial charge on any atom is 0.251 e. The van der Waals surface area contributed by atoms with Crippen LogP contribution >= 0.6 is 11.8 Å². The Morgan fingerprint density at radius 2 is 1.69 bits per heavy atom. The van der Waals surface area contributed by atoms with Crippen molar-refractivity contribution in [3.63, 3.8) is 0 Å². The van der Waals surface area contributed by atoms with E-state index in [4.69, 9.17) is 0 Å². The van der Waals surface area contributed by atoms with Crippen LogP contribution in [0.15, 0.2) is 59.6 Å². The number of thioether (sulfide) groups is 1. The summed E-state index contributed by atoms with van der Waals surface area (Å²) in [6, 6.07) is 15.9. The Balaban J connectivity index is 1.38. The van der Waals surface area contributed by atoms with Crippen molar-refractivity contribution >= 4 is 34.5 Å². The zero-order chi connectivity index (χ0) is 22.3. The Kier molecular flexibility index (Phi) is 7.53. The molecule has 3 aromatic rings. The molecule has 32 heavy (non-hydrogen) atoms. The number of carbonyl (C=O) groups is 2. The van der Waals surface area contributed by atoms with Gasteiger partial charge in [0.15, 0.2) is 0 Å². The molecule has 1 aromatic heterocycles. The monoisotopic (exact) mass is 449 g/mol. The Hall–Kier alpha value is -2.73. The van der Waals surface area contributed by atoms with E-state index in [-0.39, 0.29) is 11.8 Å². The third-order valence-corrected chi connectivity index (χ3v) is 7.04. The third kappa shape index (κ3) is 5.54. The minimum atomic E-state index is -0.0564. The maximum absolute atomic E-state index is 12.7. The molecule has 0 atom stereocenters. The van der Waals surface area contributed by atoms with Crippen LogP contribution < -0.4 is 5.32 Å². The van der Waals surface area contributed by atoms with Crippen molar-refractivity contribution in [3.05, 3.63) is 65.9 Å². The highest BCUT2D eigenvalue weighted by Crippen LogP contribution is 2.30. The number of rotatable bonds is 7. The van der Waals surface area contributed by atoms with Crippen LogP contribution in [-0.2, 0) is 11.3 Å². The van der Waals surface area contributed by atoms with Crippen LogP contribution in [0.5, 0.6) is 0 Å². The average Bonchev–Trinajstić information content (AvgIpc) is 2.97. The van der Waals surface area contributed by atoms with Gasteiger partial charge in [-0.2, -0.15) is 0 Å². The summed E-state index contributed by atoms with van der Waals surface area (Å²) in [7, 11) is 0. The molecule has 0 aliphatic carbocycles. The summed E-state index contributed by atoms with van der Waals surface area (Å²) in [5, 5.41) is 4.17. The summed E-state index contributed by atoms with van der Waals surface area (Å²) < 4.78 is 2.17. The van der Waals surface area contributed by atoms with Crippen molar-refractivity contribution in [2.45, 2.75) is 44.0 Å². The molecule has 6 heteroatoms. The van der Waals surface area contributed by atoms with Gasteiger partial charge in [-0.1, -0.05) is 48.7 Å². The van der Waals surface area contributed by atoms with Gasteiger partial charge in [0.25, 0.3) is 5.91 Å². The van der Waals surface area contributed by atoms with Crippen molar-refractivity contribution in [1.82, 2.24) is 14.8 Å². The van der Waals surface area contributed by atoms with Gasteiger partial charge in [0.2, 0.25) is 5.91 Å². The fourth-order valence-electron chi connectivity index (χ4n) is 4.16. The summed E-state index contributed by atoms with van der Waals surface area (Å²) in [6.45, 7) is 5.01. The second kappa shape index (κ2) is 10.7. The van der Waals surface area contributed by atoms with E-state index in [9.17, 15) is 9.59 Å². The predicted octanol–water partition coefficient (Wildman–Crippen LogP) is 4.87. The van der Waals surface area contributed by atoms with Crippen LogP contribution in [0.4, 0.5) is 0 Å². The molecule has 0 radical (unpaired) electrons. The number of fused-ring (bicyclic) bond motifs is 1. The summed E-state index contributed by atoms with van der Waals surface area (Å²) in [4.78, 5) is 28.3. The Morgan fingerprint density at radius 3 is 2.44 bits per heavy atom. The molecule has 2 amide bonds. The molecule has 1 saturated heterocycles. The van der Waals surface area contributed by atoms with Crippen LogP contribution in [0.2, 0.25) is 0 Å². The minimum Gasteiger partial charge on any atom is -0.350 e. The molecule has 0 bridgehead atoms. The van der Waals surface area contributed by atoms with Crippen molar-refractivity contribution < 1.29 is 9.59 Å². The molecule has 2 heterocycles. The number of nitrogens with zero attached hydrogens (tertiary/aromatic N) is 2. The van der Waals surface area contributed by atoms with E-state index in [0.717, 1.165) is 47.3 Å². The van der Waals surface area contributed by atoms with Gasteiger partial charge in [0.05, 0.1) is 5.75 Å². The molecule has 4 rings (SSSR count). The second-order valence-electron chi connectivity index (χ2n) is 8.41. The zero-order valence-corrected chi connectivity index (χ0v) is 19.5. The van der Waals surface area contributed by atoms with Crippen LogP contribution in [0.3, 0.4) is 0 Å². The van der Waals surface area contributed by atoms with Crippen molar-refractivity contribution in [3.8, 4) is 0 Å². The lowest BCUT2D eigenvalue weighted by molar-refractivity contribution is -0.128. The van der Waals surface area contributed by atoms with E-state index in [1.54, 1.807) is 11.8 Å². The summed E-state index contributed by atoms with van der Waals surface area (Å²) in [6.07, 6.45) is 6.80. The van der Waals surface area contributed by atoms with Crippen LogP contribution in [0, 0.1) is 6.92 Å². The van der Waals surface area contributed by atoms with Gasteiger partial charge < -0.3 is 14.8 Å². The first-order chi connectivity index (χ1) is 15.6. The van der Waals surface area contributed by atoms with Crippen molar-refractivity contribution in [2.75, 3.05) is 25.4 Å². The van der Waals surface area contributed by atoms with E-state index >= 15 is 0 Å². The number of carbonyl (C=O) groups excluding carboxylic acids is 2. The van der Waals surface area contributed by atoms with Crippen LogP contribution in [0.25, 0.3) is 10.9 Å². The smallest absolute Gasteiger partial charge is 0.251 e. The minimum absolute atomic E-state index is 0.0564. The van der Waals surface area contributed by atoms with E-state index in [0.29, 0.717) is 24.4 Å². The molecular weight excluding hydrogens is 418 g/mol. The number of hydrogen-bond acceptors (Lipinski definition) is 3. The highest BCUT2D eigenvalue weighted by molar-refractivity contribution is 8.00. The molecule has 1 N–H and O–H groups in total. The molecule has 1 fully saturated rings. The van der Waals surface area contributed by atoms with Crippen LogP contribution in [-0.4, -0.2) is 46.7 Å². The van der Waals surface area contributed by atoms with Crippen LogP contribution in [0.1, 0.15) is 41.6 Å². The topological polar surface area (TPSA) is 54.3 Å². The molecule has 5 nitrogen and oxygen atoms in total. The lowest BCUT2D eigenvalue weighted by atomic mass is 10.1. The number of aryl methyl sites for hydroxylation is 1. The number of para-hydroxylation sites is 1. The molecule has 0 spiro atoms. The van der Waals surface area contributed by atoms with Gasteiger partial charge in [-0.25, -0.2) is 0 Å². The maximum atomic E-state index is 12.7. The second-order valence-corrected chi connectivity index (χ2v) is 9.43. The number of benzene rings is 2. The highest BCUT2D eigenvalue weighted by Gasteiger charge is 2.17. The Bertz CT molecular complexity index is 1070. The molecule has 0 unspecified atom stereocenters. The number of hydrogen-bond donors (Lipinski definition) is 1. The largest absolute Gasteiger partial charge is 0.350 e. The predicted molar refractivity (Wildman–Crippen MR) is 131 cm³/mol. The highest BCUT2D eigenvalue weighted by atomic mass is 32.2. The number of aromatic nitrogens is 1. The lowest BCUT2D eigenvalue weighted by Crippen LogP contribution is -2.33. The van der Waals surface area contributed by atoms with E-state index in [1.807, 2.05) is 48.2 Å². The Labute approximate surface area is 194 Å². The molecule has 168 valence electrons. The van der Waals surface area contributed by atoms with E-state index in [1.165, 1.54) is 12.8 Å². The fraction of sp³-hybridized carbons (Fsp3) is 0.385. The van der Waals surface area contributed by atoms with Gasteiger partial charge in [0.1, 0.15) is 0 Å². The normalized spacial score (nSPS) is 14.3. The molecular formula is C26H31N3O2S. The van der Waals surface area contributed by atoms with Gasteiger partial charge in [-0.3, -0.25) is 9.59 Å². The number of nitrogens with one attached hydrogen (secondary N) is 1. The van der Waals surface area contributed by atoms with Gasteiger partial charge in [0, 0.05) is 53.7 Å². The van der Waals surface area contributed by atoms with Gasteiger partial charge in [-0.05, 0) is 38.0 Å². The molecule has 0 saturated carbocycles. The lowest BCUT2D eigenvalue weighted by Gasteiger charge is -2.19. The standard InChI is InChI=1S/C26H31N3O2S/c1-20-10-12-21(13-11-20)26(31)27-14-17-29-18-24(22-8-4-5-9-23(22)29)32-19-25(30)28-15-6-2-3-7-16-28/h4-5,8-13,18H,2-3,6-7,14-17,19H2,1H3,(H,27,31). The Morgan fingerprint density at radius 1 is 0.969 bits per heavy atom. The van der Waals surface area contributed by atoms with E-state index in [2.05, 4.69) is 28.2 Å². The third-order valence-electron chi connectivity index (χ3n) is 6.01. The van der Waals surface area contributed by atoms with Crippen molar-refractivity contribution in [2.24, 2.45) is 0 Å². The quantitative estimate of drug-likeness (QED) is 0.524. The number of likely N-dealkylation sites (tertiary alicyclic amines) is 1. The molecule has 1 aliphatic heterocycles. The van der Waals surface area contributed by atoms with Gasteiger partial charge >= 0.3 is 0 Å². The zero-order valence-electron chi connectivity index (χ0n) is 18.7.